The minimum absolute atomic E-state index is 0.0569. The highest BCUT2D eigenvalue weighted by Gasteiger charge is 2.54. The van der Waals surface area contributed by atoms with Crippen molar-refractivity contribution in [3.05, 3.63) is 75.3 Å². The second-order valence-electron chi connectivity index (χ2n) is 5.47. The molecule has 2 aromatic carbocycles. The molecule has 3 rings (SSSR count). The minimum atomic E-state index is -1.81. The number of halogens is 2. The number of imide groups is 1. The van der Waals surface area contributed by atoms with Gasteiger partial charge >= 0.3 is 12.2 Å². The molecule has 0 radical (unpaired) electrons. The van der Waals surface area contributed by atoms with E-state index in [2.05, 4.69) is 0 Å². The van der Waals surface area contributed by atoms with Gasteiger partial charge in [-0.05, 0) is 35.4 Å². The van der Waals surface area contributed by atoms with Gasteiger partial charge < -0.3 is 9.84 Å². The number of ether oxygens (including phenoxy) is 1. The van der Waals surface area contributed by atoms with Crippen LogP contribution < -0.4 is 0 Å². The van der Waals surface area contributed by atoms with Gasteiger partial charge in [-0.15, -0.1) is 0 Å². The number of rotatable bonds is 3. The molecule has 1 fully saturated rings. The summed E-state index contributed by atoms with van der Waals surface area (Å²) in [5.74, 6) is -2.40. The lowest BCUT2D eigenvalue weighted by Crippen LogP contribution is -2.48. The summed E-state index contributed by atoms with van der Waals surface area (Å²) in [7, 11) is 0. The van der Waals surface area contributed by atoms with Gasteiger partial charge in [0, 0.05) is 12.1 Å². The lowest BCUT2D eigenvalue weighted by Gasteiger charge is -2.33. The van der Waals surface area contributed by atoms with Crippen LogP contribution in [0.15, 0.2) is 42.5 Å². The first-order valence-electron chi connectivity index (χ1n) is 7.18. The Morgan fingerprint density at radius 3 is 2.31 bits per heavy atom. The monoisotopic (exact) mass is 364 g/mol. The van der Waals surface area contributed by atoms with E-state index < -0.39 is 40.9 Å². The number of non-ortho nitro benzene ring substituents is 1. The number of cyclic esters (lactones) is 1. The summed E-state index contributed by atoms with van der Waals surface area (Å²) in [6.45, 7) is -0.499. The Balaban J connectivity index is 2.25. The molecule has 134 valence electrons. The largest absolute Gasteiger partial charge is 0.464 e. The standard InChI is InChI=1S/C16H10F2N2O6/c17-12-6-3-10(7-13(12)18)16(8-26-15(23)19(16)14(21)22)9-1-4-11(5-2-9)20(24)25/h1-7H,8H2,(H,21,22)/t16-/m1/s1. The minimum Gasteiger partial charge on any atom is -0.464 e. The zero-order valence-corrected chi connectivity index (χ0v) is 12.9. The van der Waals surface area contributed by atoms with Crippen LogP contribution in [-0.4, -0.2) is 33.7 Å². The van der Waals surface area contributed by atoms with E-state index in [1.54, 1.807) is 0 Å². The number of nitro groups is 1. The second kappa shape index (κ2) is 6.06. The van der Waals surface area contributed by atoms with E-state index in [4.69, 9.17) is 4.74 Å². The molecular formula is C16H10F2N2O6. The van der Waals surface area contributed by atoms with Crippen LogP contribution in [0.4, 0.5) is 24.1 Å². The number of hydrogen-bond donors (Lipinski definition) is 1. The fraction of sp³-hybridized carbons (Fsp3) is 0.125. The van der Waals surface area contributed by atoms with Crippen molar-refractivity contribution in [2.24, 2.45) is 0 Å². The average molecular weight is 364 g/mol. The van der Waals surface area contributed by atoms with Crippen molar-refractivity contribution in [2.75, 3.05) is 6.61 Å². The maximum absolute atomic E-state index is 13.8. The molecule has 0 aliphatic carbocycles. The fourth-order valence-electron chi connectivity index (χ4n) is 2.90. The molecule has 1 aliphatic rings. The van der Waals surface area contributed by atoms with Crippen LogP contribution >= 0.6 is 0 Å². The van der Waals surface area contributed by atoms with Crippen molar-refractivity contribution in [1.29, 1.82) is 0 Å². The van der Waals surface area contributed by atoms with Gasteiger partial charge in [0.1, 0.15) is 12.1 Å². The lowest BCUT2D eigenvalue weighted by atomic mass is 9.82. The van der Waals surface area contributed by atoms with Gasteiger partial charge in [-0.1, -0.05) is 6.07 Å². The number of benzene rings is 2. The first-order chi connectivity index (χ1) is 12.3. The zero-order chi connectivity index (χ0) is 19.1. The van der Waals surface area contributed by atoms with Crippen LogP contribution in [0.5, 0.6) is 0 Å². The molecule has 0 spiro atoms. The van der Waals surface area contributed by atoms with Crippen molar-refractivity contribution in [3.63, 3.8) is 0 Å². The van der Waals surface area contributed by atoms with Crippen LogP contribution in [0, 0.1) is 21.7 Å². The van der Waals surface area contributed by atoms with Crippen molar-refractivity contribution in [1.82, 2.24) is 4.90 Å². The zero-order valence-electron chi connectivity index (χ0n) is 12.9. The van der Waals surface area contributed by atoms with E-state index in [0.29, 0.717) is 4.90 Å². The molecule has 2 aromatic rings. The SMILES string of the molecule is O=C(O)N1C(=O)OC[C@@]1(c1ccc([N+](=O)[O-])cc1)c1ccc(F)c(F)c1. The Kier molecular flexibility index (Phi) is 4.03. The number of hydrogen-bond acceptors (Lipinski definition) is 5. The van der Waals surface area contributed by atoms with Gasteiger partial charge in [0.2, 0.25) is 0 Å². The van der Waals surface area contributed by atoms with Crippen LogP contribution in [0.3, 0.4) is 0 Å². The van der Waals surface area contributed by atoms with Crippen LogP contribution in [-0.2, 0) is 10.3 Å². The molecule has 0 unspecified atom stereocenters. The Labute approximate surface area is 144 Å². The van der Waals surface area contributed by atoms with Gasteiger partial charge in [0.05, 0.1) is 4.92 Å². The molecule has 1 N–H and O–H groups in total. The Hall–Kier alpha value is -3.56. The van der Waals surface area contributed by atoms with E-state index in [9.17, 15) is 33.6 Å². The third-order valence-corrected chi connectivity index (χ3v) is 4.11. The van der Waals surface area contributed by atoms with E-state index >= 15 is 0 Å². The molecule has 0 aromatic heterocycles. The smallest absolute Gasteiger partial charge is 0.420 e. The summed E-state index contributed by atoms with van der Waals surface area (Å²) in [5.41, 5.74) is -2.01. The molecule has 8 nitrogen and oxygen atoms in total. The molecule has 2 amide bonds. The van der Waals surface area contributed by atoms with Crippen LogP contribution in [0.25, 0.3) is 0 Å². The number of amides is 2. The average Bonchev–Trinajstić information content (AvgIpc) is 2.96. The molecule has 10 heteroatoms. The number of nitrogens with zero attached hydrogens (tertiary/aromatic N) is 2. The molecule has 1 aliphatic heterocycles. The molecular weight excluding hydrogens is 354 g/mol. The normalized spacial score (nSPS) is 19.3. The number of carbonyl (C=O) groups excluding carboxylic acids is 1. The lowest BCUT2D eigenvalue weighted by molar-refractivity contribution is -0.384. The molecule has 1 atom stereocenters. The van der Waals surface area contributed by atoms with E-state index in [1.807, 2.05) is 0 Å². The van der Waals surface area contributed by atoms with Gasteiger partial charge in [0.25, 0.3) is 5.69 Å². The first-order valence-corrected chi connectivity index (χ1v) is 7.18. The van der Waals surface area contributed by atoms with Crippen LogP contribution in [0.1, 0.15) is 11.1 Å². The predicted octanol–water partition coefficient (Wildman–Crippen LogP) is 3.25. The summed E-state index contributed by atoms with van der Waals surface area (Å²) in [6, 6.07) is 7.36. The highest BCUT2D eigenvalue weighted by molar-refractivity contribution is 5.90. The van der Waals surface area contributed by atoms with Gasteiger partial charge in [0.15, 0.2) is 11.6 Å². The Morgan fingerprint density at radius 1 is 1.15 bits per heavy atom. The third-order valence-electron chi connectivity index (χ3n) is 4.11. The van der Waals surface area contributed by atoms with Crippen molar-refractivity contribution in [3.8, 4) is 0 Å². The number of carbonyl (C=O) groups is 2. The highest BCUT2D eigenvalue weighted by atomic mass is 19.2. The van der Waals surface area contributed by atoms with Crippen molar-refractivity contribution < 1.29 is 33.1 Å². The highest BCUT2D eigenvalue weighted by Crippen LogP contribution is 2.42. The molecule has 26 heavy (non-hydrogen) atoms. The topological polar surface area (TPSA) is 110 Å². The summed E-state index contributed by atoms with van der Waals surface area (Å²) >= 11 is 0. The first kappa shape index (κ1) is 17.3. The van der Waals surface area contributed by atoms with Crippen LogP contribution in [0.2, 0.25) is 0 Å². The summed E-state index contributed by atoms with van der Waals surface area (Å²) in [4.78, 5) is 34.1. The maximum atomic E-state index is 13.8. The van der Waals surface area contributed by atoms with Crippen molar-refractivity contribution >= 4 is 17.9 Å². The maximum Gasteiger partial charge on any atom is 0.420 e. The second-order valence-corrected chi connectivity index (χ2v) is 5.47. The summed E-state index contributed by atoms with van der Waals surface area (Å²) < 4.78 is 31.9. The van der Waals surface area contributed by atoms with Gasteiger partial charge in [-0.2, -0.15) is 4.90 Å². The molecule has 1 saturated heterocycles. The van der Waals surface area contributed by atoms with E-state index in [0.717, 1.165) is 30.3 Å². The van der Waals surface area contributed by atoms with Crippen molar-refractivity contribution in [2.45, 2.75) is 5.54 Å². The van der Waals surface area contributed by atoms with E-state index in [1.165, 1.54) is 12.1 Å². The van der Waals surface area contributed by atoms with Gasteiger partial charge in [-0.3, -0.25) is 10.1 Å². The number of carboxylic acid groups (broad SMARTS) is 1. The quantitative estimate of drug-likeness (QED) is 0.661. The number of nitro benzene ring substituents is 1. The fourth-order valence-corrected chi connectivity index (χ4v) is 2.90. The Morgan fingerprint density at radius 2 is 1.77 bits per heavy atom. The predicted molar refractivity (Wildman–Crippen MR) is 81.4 cm³/mol. The van der Waals surface area contributed by atoms with Gasteiger partial charge in [-0.25, -0.2) is 18.4 Å². The molecule has 1 heterocycles. The Bertz CT molecular complexity index is 917. The summed E-state index contributed by atoms with van der Waals surface area (Å²) in [6.07, 6.45) is -2.86. The molecule has 0 bridgehead atoms. The molecule has 0 saturated carbocycles. The summed E-state index contributed by atoms with van der Waals surface area (Å²) in [5, 5.41) is 20.3. The third kappa shape index (κ3) is 2.51. The van der Waals surface area contributed by atoms with E-state index in [-0.39, 0.29) is 16.8 Å².